The maximum atomic E-state index is 11.7. The maximum Gasteiger partial charge on any atom is 0.330 e. The Morgan fingerprint density at radius 1 is 1.10 bits per heavy atom. The van der Waals surface area contributed by atoms with Gasteiger partial charge in [-0.25, -0.2) is 4.79 Å². The maximum absolute atomic E-state index is 11.7. The van der Waals surface area contributed by atoms with Gasteiger partial charge in [-0.1, -0.05) is 60.3 Å². The Bertz CT molecular complexity index is 1110. The normalized spacial score (nSPS) is 14.5. The lowest BCUT2D eigenvalue weighted by Crippen LogP contribution is -2.08. The molecule has 2 aromatic carbocycles. The van der Waals surface area contributed by atoms with Gasteiger partial charge < -0.3 is 9.30 Å². The highest BCUT2D eigenvalue weighted by Gasteiger charge is 2.20. The van der Waals surface area contributed by atoms with Crippen LogP contribution in [0.2, 0.25) is 10.0 Å². The van der Waals surface area contributed by atoms with Gasteiger partial charge in [0, 0.05) is 33.7 Å². The predicted octanol–water partition coefficient (Wildman–Crippen LogP) is 6.84. The van der Waals surface area contributed by atoms with Crippen molar-refractivity contribution in [2.75, 3.05) is 7.11 Å². The quantitative estimate of drug-likeness (QED) is 0.327. The van der Waals surface area contributed by atoms with Gasteiger partial charge in [0.15, 0.2) is 0 Å². The third-order valence-corrected chi connectivity index (χ3v) is 6.46. The number of fused-ring (bicyclic) bond motifs is 3. The Morgan fingerprint density at radius 3 is 2.67 bits per heavy atom. The second-order valence-corrected chi connectivity index (χ2v) is 8.60. The van der Waals surface area contributed by atoms with Crippen molar-refractivity contribution < 1.29 is 9.53 Å². The molecule has 4 rings (SSSR count). The van der Waals surface area contributed by atoms with Crippen LogP contribution in [-0.2, 0) is 28.9 Å². The van der Waals surface area contributed by atoms with Crippen LogP contribution in [0.3, 0.4) is 0 Å². The number of hydrogen-bond acceptors (Lipinski definition) is 2. The number of carbonyl (C=O) groups is 1. The van der Waals surface area contributed by atoms with E-state index in [-0.39, 0.29) is 5.97 Å². The number of para-hydroxylation sites is 1. The molecule has 0 saturated carbocycles. The van der Waals surface area contributed by atoms with Gasteiger partial charge in [0.1, 0.15) is 0 Å². The number of nitrogens with zero attached hydrogens (tertiary/aromatic N) is 1. The van der Waals surface area contributed by atoms with Gasteiger partial charge in [0.25, 0.3) is 0 Å². The summed E-state index contributed by atoms with van der Waals surface area (Å²) in [6.07, 6.45) is 10.4. The van der Waals surface area contributed by atoms with Gasteiger partial charge >= 0.3 is 5.97 Å². The van der Waals surface area contributed by atoms with E-state index in [0.717, 1.165) is 29.5 Å². The van der Waals surface area contributed by atoms with Crippen molar-refractivity contribution >= 4 is 46.2 Å². The van der Waals surface area contributed by atoms with E-state index in [1.807, 2.05) is 18.2 Å². The van der Waals surface area contributed by atoms with Crippen molar-refractivity contribution in [3.8, 4) is 0 Å². The molecule has 3 aromatic rings. The van der Waals surface area contributed by atoms with E-state index in [2.05, 4.69) is 22.8 Å². The number of aryl methyl sites for hydroxylation is 1. The second-order valence-electron chi connectivity index (χ2n) is 7.76. The van der Waals surface area contributed by atoms with E-state index in [1.54, 1.807) is 6.07 Å². The molecule has 0 atom stereocenters. The topological polar surface area (TPSA) is 31.2 Å². The number of aromatic nitrogens is 1. The minimum absolute atomic E-state index is 0.357. The third-order valence-electron chi connectivity index (χ3n) is 5.87. The van der Waals surface area contributed by atoms with Crippen LogP contribution in [0.5, 0.6) is 0 Å². The second kappa shape index (κ2) is 9.28. The molecule has 0 fully saturated rings. The summed E-state index contributed by atoms with van der Waals surface area (Å²) in [4.78, 5) is 11.7. The zero-order valence-electron chi connectivity index (χ0n) is 17.1. The highest BCUT2D eigenvalue weighted by atomic mass is 35.5. The van der Waals surface area contributed by atoms with Gasteiger partial charge in [-0.15, -0.1) is 0 Å². The number of benzene rings is 2. The summed E-state index contributed by atoms with van der Waals surface area (Å²) >= 11 is 12.6. The van der Waals surface area contributed by atoms with Crippen molar-refractivity contribution in [3.05, 3.63) is 74.9 Å². The number of halogens is 2. The van der Waals surface area contributed by atoms with E-state index in [1.165, 1.54) is 55.5 Å². The molecule has 0 saturated heterocycles. The number of carbonyl (C=O) groups excluding carboxylic acids is 1. The largest absolute Gasteiger partial charge is 0.466 e. The predicted molar refractivity (Wildman–Crippen MR) is 124 cm³/mol. The molecule has 1 aliphatic carbocycles. The van der Waals surface area contributed by atoms with Gasteiger partial charge in [-0.05, 0) is 60.6 Å². The first-order valence-electron chi connectivity index (χ1n) is 10.4. The molecule has 0 radical (unpaired) electrons. The first-order chi connectivity index (χ1) is 14.6. The molecule has 156 valence electrons. The molecule has 1 aromatic heterocycles. The van der Waals surface area contributed by atoms with Crippen LogP contribution in [0.1, 0.15) is 48.1 Å². The molecular weight excluding hydrogens is 417 g/mol. The summed E-state index contributed by atoms with van der Waals surface area (Å²) in [7, 11) is 1.39. The lowest BCUT2D eigenvalue weighted by molar-refractivity contribution is -0.134. The minimum Gasteiger partial charge on any atom is -0.466 e. The number of rotatable bonds is 4. The Hall–Kier alpha value is -2.23. The molecule has 1 aliphatic rings. The summed E-state index contributed by atoms with van der Waals surface area (Å²) in [5, 5.41) is 2.58. The number of hydrogen-bond donors (Lipinski definition) is 0. The van der Waals surface area contributed by atoms with Crippen LogP contribution < -0.4 is 0 Å². The fraction of sp³-hybridized carbons (Fsp3) is 0.320. The van der Waals surface area contributed by atoms with Crippen LogP contribution in [0.25, 0.3) is 17.0 Å². The van der Waals surface area contributed by atoms with Gasteiger partial charge in [-0.2, -0.15) is 0 Å². The Labute approximate surface area is 187 Å². The fourth-order valence-corrected chi connectivity index (χ4v) is 4.90. The minimum atomic E-state index is -0.357. The summed E-state index contributed by atoms with van der Waals surface area (Å²) in [6.45, 7) is 0.672. The van der Waals surface area contributed by atoms with E-state index >= 15 is 0 Å². The molecule has 0 amide bonds. The fourth-order valence-electron chi connectivity index (χ4n) is 4.43. The van der Waals surface area contributed by atoms with Crippen molar-refractivity contribution in [2.24, 2.45) is 0 Å². The average molecular weight is 442 g/mol. The van der Waals surface area contributed by atoms with E-state index in [9.17, 15) is 4.79 Å². The highest BCUT2D eigenvalue weighted by molar-refractivity contribution is 6.35. The van der Waals surface area contributed by atoms with E-state index < -0.39 is 0 Å². The van der Waals surface area contributed by atoms with Crippen LogP contribution >= 0.6 is 23.2 Å². The van der Waals surface area contributed by atoms with Crippen molar-refractivity contribution in [1.29, 1.82) is 0 Å². The Kier molecular flexibility index (Phi) is 6.50. The molecule has 0 spiro atoms. The summed E-state index contributed by atoms with van der Waals surface area (Å²) < 4.78 is 7.18. The van der Waals surface area contributed by atoms with Crippen LogP contribution in [0.4, 0.5) is 0 Å². The molecule has 0 N–H and O–H groups in total. The molecule has 5 heteroatoms. The van der Waals surface area contributed by atoms with Crippen molar-refractivity contribution in [3.63, 3.8) is 0 Å². The molecule has 0 unspecified atom stereocenters. The summed E-state index contributed by atoms with van der Waals surface area (Å²) in [5.41, 5.74) is 6.01. The molecule has 0 bridgehead atoms. The number of methoxy groups -OCH3 is 1. The van der Waals surface area contributed by atoms with Crippen molar-refractivity contribution in [2.45, 2.75) is 45.1 Å². The first kappa shape index (κ1) is 21.0. The standard InChI is InChI=1S/C25H25Cl2NO2/c1-30-24(29)14-12-17-7-6-9-21-20-8-4-2-3-5-10-23(20)28(25(17)21)16-18-11-13-19(26)15-22(18)27/h6-7,9,11-15H,2-5,8,10,16H2,1H3/b14-12+. The lowest BCUT2D eigenvalue weighted by atomic mass is 9.96. The lowest BCUT2D eigenvalue weighted by Gasteiger charge is -2.16. The third kappa shape index (κ3) is 4.28. The van der Waals surface area contributed by atoms with E-state index in [4.69, 9.17) is 27.9 Å². The molecule has 1 heterocycles. The SMILES string of the molecule is COC(=O)/C=C/c1cccc2c3c(n(Cc4ccc(Cl)cc4Cl)c12)CCCCCC3. The molecule has 30 heavy (non-hydrogen) atoms. The highest BCUT2D eigenvalue weighted by Crippen LogP contribution is 2.35. The van der Waals surface area contributed by atoms with Crippen LogP contribution in [-0.4, -0.2) is 17.6 Å². The van der Waals surface area contributed by atoms with Crippen LogP contribution in [0.15, 0.2) is 42.5 Å². The van der Waals surface area contributed by atoms with Crippen LogP contribution in [0, 0.1) is 0 Å². The molecular formula is C25H25Cl2NO2. The zero-order chi connectivity index (χ0) is 21.1. The Morgan fingerprint density at radius 2 is 1.90 bits per heavy atom. The monoisotopic (exact) mass is 441 g/mol. The van der Waals surface area contributed by atoms with Crippen molar-refractivity contribution in [1.82, 2.24) is 4.57 Å². The van der Waals surface area contributed by atoms with Gasteiger partial charge in [0.05, 0.1) is 12.6 Å². The smallest absolute Gasteiger partial charge is 0.330 e. The first-order valence-corrected chi connectivity index (χ1v) is 11.2. The van der Waals surface area contributed by atoms with E-state index in [0.29, 0.717) is 16.6 Å². The summed E-state index contributed by atoms with van der Waals surface area (Å²) in [6, 6.07) is 12.0. The number of ether oxygens (including phenoxy) is 1. The zero-order valence-corrected chi connectivity index (χ0v) is 18.6. The van der Waals surface area contributed by atoms with Gasteiger partial charge in [-0.3, -0.25) is 0 Å². The average Bonchev–Trinajstić information content (AvgIpc) is 3.00. The summed E-state index contributed by atoms with van der Waals surface area (Å²) in [5.74, 6) is -0.357. The van der Waals surface area contributed by atoms with Gasteiger partial charge in [0.2, 0.25) is 0 Å². The molecule has 0 aliphatic heterocycles. The Balaban J connectivity index is 1.91. The number of esters is 1. The molecule has 3 nitrogen and oxygen atoms in total.